The number of hydrogen-bond donors (Lipinski definition) is 1. The van der Waals surface area contributed by atoms with Gasteiger partial charge in [-0.15, -0.1) is 0 Å². The van der Waals surface area contributed by atoms with Crippen molar-refractivity contribution in [2.24, 2.45) is 12.5 Å². The van der Waals surface area contributed by atoms with Crippen molar-refractivity contribution in [3.05, 3.63) is 53.3 Å². The number of hydrogen-bond acceptors (Lipinski definition) is 4. The molecule has 2 saturated heterocycles. The number of aryl methyl sites for hydroxylation is 1. The second-order valence-electron chi connectivity index (χ2n) is 10.4. The molecular formula is C26H30F3N5O. The van der Waals surface area contributed by atoms with Crippen LogP contribution < -0.4 is 10.2 Å². The second-order valence-corrected chi connectivity index (χ2v) is 10.4. The van der Waals surface area contributed by atoms with Crippen LogP contribution in [0.15, 0.2) is 36.5 Å². The maximum Gasteiger partial charge on any atom is 0.417 e. The lowest BCUT2D eigenvalue weighted by Gasteiger charge is -2.39. The molecule has 6 nitrogen and oxygen atoms in total. The van der Waals surface area contributed by atoms with Crippen LogP contribution in [0.4, 0.5) is 18.9 Å². The predicted molar refractivity (Wildman–Crippen MR) is 125 cm³/mol. The molecule has 186 valence electrons. The Hall–Kier alpha value is -2.99. The Kier molecular flexibility index (Phi) is 6.04. The molecule has 2 aliphatic heterocycles. The fraction of sp³-hybridized carbons (Fsp3) is 0.538. The number of nitrogens with zero attached hydrogens (tertiary/aromatic N) is 4. The molecule has 1 saturated carbocycles. The van der Waals surface area contributed by atoms with Crippen molar-refractivity contribution >= 4 is 11.6 Å². The molecule has 3 heterocycles. The first kappa shape index (κ1) is 23.7. The van der Waals surface area contributed by atoms with Gasteiger partial charge in [-0.1, -0.05) is 0 Å². The van der Waals surface area contributed by atoms with Crippen LogP contribution in [0.5, 0.6) is 0 Å². The molecule has 2 aromatic rings. The van der Waals surface area contributed by atoms with Crippen LogP contribution in [0.3, 0.4) is 0 Å². The predicted octanol–water partition coefficient (Wildman–Crippen LogP) is 4.06. The highest BCUT2D eigenvalue weighted by molar-refractivity contribution is 5.86. The Bertz CT molecular complexity index is 1140. The van der Waals surface area contributed by atoms with E-state index in [0.29, 0.717) is 18.7 Å². The Labute approximate surface area is 203 Å². The highest BCUT2D eigenvalue weighted by Crippen LogP contribution is 2.46. The van der Waals surface area contributed by atoms with Gasteiger partial charge in [0.15, 0.2) is 0 Å². The highest BCUT2D eigenvalue weighted by Gasteiger charge is 2.49. The van der Waals surface area contributed by atoms with E-state index in [1.165, 1.54) is 11.8 Å². The Morgan fingerprint density at radius 2 is 1.97 bits per heavy atom. The number of carbonyl (C=O) groups excluding carboxylic acids is 1. The lowest BCUT2D eigenvalue weighted by molar-refractivity contribution is -0.137. The molecule has 3 aliphatic rings. The van der Waals surface area contributed by atoms with E-state index in [9.17, 15) is 23.2 Å². The van der Waals surface area contributed by atoms with Crippen molar-refractivity contribution in [1.82, 2.24) is 14.8 Å². The average Bonchev–Trinajstić information content (AvgIpc) is 3.43. The number of likely N-dealkylation sites (tertiary alicyclic amines) is 1. The van der Waals surface area contributed by atoms with E-state index in [1.54, 1.807) is 12.1 Å². The average molecular weight is 486 g/mol. The normalized spacial score (nSPS) is 22.4. The summed E-state index contributed by atoms with van der Waals surface area (Å²) in [5.41, 5.74) is 0.131. The SMILES string of the molecule is Cn1cccc1CN1CCC2(CC1)CC(C(=O)NC1CC1)N(c1ccc(C#N)c(C(F)(F)F)c1)C2. The van der Waals surface area contributed by atoms with Crippen LogP contribution in [0.25, 0.3) is 0 Å². The lowest BCUT2D eigenvalue weighted by atomic mass is 9.76. The zero-order valence-corrected chi connectivity index (χ0v) is 19.8. The number of halogens is 3. The highest BCUT2D eigenvalue weighted by atomic mass is 19.4. The number of alkyl halides is 3. The molecule has 1 amide bonds. The third-order valence-corrected chi connectivity index (χ3v) is 7.85. The van der Waals surface area contributed by atoms with Gasteiger partial charge in [0.1, 0.15) is 6.04 Å². The fourth-order valence-corrected chi connectivity index (χ4v) is 5.57. The van der Waals surface area contributed by atoms with Crippen molar-refractivity contribution in [1.29, 1.82) is 5.26 Å². The number of nitriles is 1. The van der Waals surface area contributed by atoms with E-state index >= 15 is 0 Å². The van der Waals surface area contributed by atoms with Gasteiger partial charge in [-0.25, -0.2) is 0 Å². The van der Waals surface area contributed by atoms with Gasteiger partial charge in [0.05, 0.1) is 17.2 Å². The minimum absolute atomic E-state index is 0.103. The van der Waals surface area contributed by atoms with Crippen LogP contribution >= 0.6 is 0 Å². The number of amides is 1. The summed E-state index contributed by atoms with van der Waals surface area (Å²) in [5, 5.41) is 12.2. The van der Waals surface area contributed by atoms with Crippen LogP contribution in [-0.4, -0.2) is 47.1 Å². The summed E-state index contributed by atoms with van der Waals surface area (Å²) < 4.78 is 43.1. The van der Waals surface area contributed by atoms with Crippen molar-refractivity contribution in [3.8, 4) is 6.07 Å². The zero-order valence-electron chi connectivity index (χ0n) is 19.8. The first-order valence-corrected chi connectivity index (χ1v) is 12.2. The van der Waals surface area contributed by atoms with Gasteiger partial charge >= 0.3 is 6.18 Å². The molecule has 5 rings (SSSR count). The molecule has 0 radical (unpaired) electrons. The van der Waals surface area contributed by atoms with E-state index in [0.717, 1.165) is 51.4 Å². The third kappa shape index (κ3) is 4.90. The number of anilines is 1. The molecule has 1 aromatic carbocycles. The molecule has 1 aromatic heterocycles. The standard InChI is InChI=1S/C26H30F3N5O/c1-32-10-2-3-21(32)16-33-11-8-25(9-12-33)14-23(24(35)31-19-5-6-19)34(17-25)20-7-4-18(15-30)22(13-20)26(27,28)29/h2-4,7,10,13,19,23H,5-6,8-9,11-12,14,16-17H2,1H3,(H,31,35). The van der Waals surface area contributed by atoms with E-state index < -0.39 is 23.3 Å². The zero-order chi connectivity index (χ0) is 24.8. The van der Waals surface area contributed by atoms with E-state index in [1.807, 2.05) is 24.2 Å². The van der Waals surface area contributed by atoms with E-state index in [4.69, 9.17) is 0 Å². The van der Waals surface area contributed by atoms with Crippen molar-refractivity contribution in [2.45, 2.75) is 56.9 Å². The molecular weight excluding hydrogens is 455 g/mol. The summed E-state index contributed by atoms with van der Waals surface area (Å²) in [6.07, 6.45) is 1.72. The minimum atomic E-state index is -4.63. The summed E-state index contributed by atoms with van der Waals surface area (Å²) >= 11 is 0. The molecule has 3 fully saturated rings. The summed E-state index contributed by atoms with van der Waals surface area (Å²) in [6, 6.07) is 9.28. The van der Waals surface area contributed by atoms with Gasteiger partial charge in [-0.3, -0.25) is 9.69 Å². The number of carbonyl (C=O) groups is 1. The maximum absolute atomic E-state index is 13.7. The lowest BCUT2D eigenvalue weighted by Crippen LogP contribution is -2.44. The van der Waals surface area contributed by atoms with Gasteiger partial charge in [0.25, 0.3) is 0 Å². The topological polar surface area (TPSA) is 64.3 Å². The van der Waals surface area contributed by atoms with Gasteiger partial charge in [-0.2, -0.15) is 18.4 Å². The number of piperidine rings is 1. The largest absolute Gasteiger partial charge is 0.417 e. The number of benzene rings is 1. The first-order chi connectivity index (χ1) is 16.7. The maximum atomic E-state index is 13.7. The molecule has 35 heavy (non-hydrogen) atoms. The van der Waals surface area contributed by atoms with Gasteiger partial charge in [0, 0.05) is 43.8 Å². The quantitative estimate of drug-likeness (QED) is 0.694. The molecule has 1 atom stereocenters. The van der Waals surface area contributed by atoms with Crippen LogP contribution in [0, 0.1) is 16.7 Å². The van der Waals surface area contributed by atoms with Gasteiger partial charge in [-0.05, 0) is 80.9 Å². The Morgan fingerprint density at radius 3 is 2.57 bits per heavy atom. The summed E-state index contributed by atoms with van der Waals surface area (Å²) in [6.45, 7) is 3.17. The summed E-state index contributed by atoms with van der Waals surface area (Å²) in [7, 11) is 2.03. The summed E-state index contributed by atoms with van der Waals surface area (Å²) in [5.74, 6) is -0.103. The summed E-state index contributed by atoms with van der Waals surface area (Å²) in [4.78, 5) is 17.4. The smallest absolute Gasteiger partial charge is 0.359 e. The van der Waals surface area contributed by atoms with Crippen molar-refractivity contribution in [2.75, 3.05) is 24.5 Å². The monoisotopic (exact) mass is 485 g/mol. The molecule has 1 aliphatic carbocycles. The van der Waals surface area contributed by atoms with Crippen LogP contribution in [-0.2, 0) is 24.6 Å². The first-order valence-electron chi connectivity index (χ1n) is 12.2. The fourth-order valence-electron chi connectivity index (χ4n) is 5.57. The Morgan fingerprint density at radius 1 is 1.23 bits per heavy atom. The van der Waals surface area contributed by atoms with Gasteiger partial charge in [0.2, 0.25) is 5.91 Å². The molecule has 9 heteroatoms. The molecule has 1 unspecified atom stereocenters. The second kappa shape index (κ2) is 8.90. The number of rotatable bonds is 5. The van der Waals surface area contributed by atoms with E-state index in [-0.39, 0.29) is 17.4 Å². The van der Waals surface area contributed by atoms with Crippen molar-refractivity contribution < 1.29 is 18.0 Å². The third-order valence-electron chi connectivity index (χ3n) is 7.85. The number of nitrogens with one attached hydrogen (secondary N) is 1. The molecule has 0 bridgehead atoms. The van der Waals surface area contributed by atoms with Crippen molar-refractivity contribution in [3.63, 3.8) is 0 Å². The van der Waals surface area contributed by atoms with Crippen LogP contribution in [0.1, 0.15) is 48.9 Å². The number of aromatic nitrogens is 1. The van der Waals surface area contributed by atoms with Gasteiger partial charge < -0.3 is 14.8 Å². The Balaban J connectivity index is 1.38. The molecule has 1 N–H and O–H groups in total. The molecule has 1 spiro atoms. The van der Waals surface area contributed by atoms with E-state index in [2.05, 4.69) is 20.9 Å². The van der Waals surface area contributed by atoms with Crippen LogP contribution in [0.2, 0.25) is 0 Å². The minimum Gasteiger partial charge on any atom is -0.359 e.